The minimum atomic E-state index is -1.07. The largest absolute Gasteiger partial charge is 0.480 e. The van der Waals surface area contributed by atoms with Crippen molar-refractivity contribution in [3.63, 3.8) is 0 Å². The van der Waals surface area contributed by atoms with Crippen molar-refractivity contribution in [3.8, 4) is 0 Å². The predicted octanol–water partition coefficient (Wildman–Crippen LogP) is 0.220. The standard InChI is InChI=1S/C12H14N2O4S/c15-8-5-10(12(17)18)14(6-8)11(16)7-19-9-1-3-13-4-2-9/h1-4,8,10,15H,5-7H2,(H,17,18)/t8?,10-/m0/s1. The van der Waals surface area contributed by atoms with E-state index in [2.05, 4.69) is 4.98 Å². The summed E-state index contributed by atoms with van der Waals surface area (Å²) in [5.74, 6) is -1.19. The third-order valence-corrected chi connectivity index (χ3v) is 3.89. The summed E-state index contributed by atoms with van der Waals surface area (Å²) in [5, 5.41) is 18.5. The summed E-state index contributed by atoms with van der Waals surface area (Å²) in [4.78, 5) is 29.0. The van der Waals surface area contributed by atoms with E-state index in [0.29, 0.717) is 0 Å². The van der Waals surface area contributed by atoms with Crippen molar-refractivity contribution in [2.24, 2.45) is 0 Å². The first-order valence-corrected chi connectivity index (χ1v) is 6.79. The van der Waals surface area contributed by atoms with Gasteiger partial charge in [0.15, 0.2) is 0 Å². The first-order chi connectivity index (χ1) is 9.08. The summed E-state index contributed by atoms with van der Waals surface area (Å²) < 4.78 is 0. The Morgan fingerprint density at radius 1 is 1.42 bits per heavy atom. The van der Waals surface area contributed by atoms with Crippen LogP contribution in [0.2, 0.25) is 0 Å². The molecule has 1 aliphatic rings. The van der Waals surface area contributed by atoms with E-state index in [4.69, 9.17) is 5.11 Å². The molecule has 2 atom stereocenters. The monoisotopic (exact) mass is 282 g/mol. The Bertz CT molecular complexity index is 468. The van der Waals surface area contributed by atoms with Crippen LogP contribution in [-0.2, 0) is 9.59 Å². The van der Waals surface area contributed by atoms with Gasteiger partial charge in [-0.2, -0.15) is 0 Å². The van der Waals surface area contributed by atoms with Crippen LogP contribution < -0.4 is 0 Å². The summed E-state index contributed by atoms with van der Waals surface area (Å²) in [5.41, 5.74) is 0. The number of thioether (sulfide) groups is 1. The molecule has 1 unspecified atom stereocenters. The first-order valence-electron chi connectivity index (χ1n) is 5.81. The Hall–Kier alpha value is -1.60. The maximum absolute atomic E-state index is 12.0. The molecule has 1 aromatic rings. The molecule has 1 amide bonds. The van der Waals surface area contributed by atoms with Crippen molar-refractivity contribution in [1.82, 2.24) is 9.88 Å². The Morgan fingerprint density at radius 3 is 2.74 bits per heavy atom. The number of carbonyl (C=O) groups is 2. The molecule has 7 heteroatoms. The van der Waals surface area contributed by atoms with Crippen LogP contribution in [0, 0.1) is 0 Å². The fraction of sp³-hybridized carbons (Fsp3) is 0.417. The van der Waals surface area contributed by atoms with Gasteiger partial charge >= 0.3 is 5.97 Å². The molecular weight excluding hydrogens is 268 g/mol. The van der Waals surface area contributed by atoms with E-state index < -0.39 is 18.1 Å². The topological polar surface area (TPSA) is 90.7 Å². The summed E-state index contributed by atoms with van der Waals surface area (Å²) >= 11 is 1.32. The molecule has 1 fully saturated rings. The zero-order valence-corrected chi connectivity index (χ0v) is 10.9. The molecule has 0 bridgehead atoms. The highest BCUT2D eigenvalue weighted by atomic mass is 32.2. The van der Waals surface area contributed by atoms with Crippen LogP contribution in [0.4, 0.5) is 0 Å². The molecule has 0 radical (unpaired) electrons. The van der Waals surface area contributed by atoms with Gasteiger partial charge in [-0.3, -0.25) is 9.78 Å². The molecule has 2 heterocycles. The van der Waals surface area contributed by atoms with Gasteiger partial charge in [0.2, 0.25) is 5.91 Å². The number of pyridine rings is 1. The van der Waals surface area contributed by atoms with Gasteiger partial charge in [-0.15, -0.1) is 11.8 Å². The van der Waals surface area contributed by atoms with E-state index in [1.165, 1.54) is 16.7 Å². The van der Waals surface area contributed by atoms with Gasteiger partial charge in [0.05, 0.1) is 11.9 Å². The summed E-state index contributed by atoms with van der Waals surface area (Å²) in [6.45, 7) is 0.0900. The van der Waals surface area contributed by atoms with E-state index in [1.54, 1.807) is 24.5 Å². The van der Waals surface area contributed by atoms with Crippen LogP contribution >= 0.6 is 11.8 Å². The Labute approximate surface area is 114 Å². The number of carbonyl (C=O) groups excluding carboxylic acids is 1. The van der Waals surface area contributed by atoms with Crippen LogP contribution in [0.25, 0.3) is 0 Å². The van der Waals surface area contributed by atoms with Crippen LogP contribution in [0.5, 0.6) is 0 Å². The third kappa shape index (κ3) is 3.45. The van der Waals surface area contributed by atoms with Gasteiger partial charge in [-0.1, -0.05) is 0 Å². The highest BCUT2D eigenvalue weighted by Crippen LogP contribution is 2.22. The number of aliphatic hydroxyl groups is 1. The molecule has 1 aromatic heterocycles. The lowest BCUT2D eigenvalue weighted by atomic mass is 10.2. The molecule has 2 N–H and O–H groups in total. The van der Waals surface area contributed by atoms with E-state index in [0.717, 1.165) is 4.90 Å². The van der Waals surface area contributed by atoms with Crippen LogP contribution in [0.3, 0.4) is 0 Å². The van der Waals surface area contributed by atoms with Gasteiger partial charge in [0, 0.05) is 30.3 Å². The first kappa shape index (κ1) is 13.8. The Kier molecular flexibility index (Phi) is 4.39. The van der Waals surface area contributed by atoms with E-state index in [1.807, 2.05) is 0 Å². The molecule has 0 saturated carbocycles. The van der Waals surface area contributed by atoms with E-state index in [9.17, 15) is 14.7 Å². The smallest absolute Gasteiger partial charge is 0.326 e. The minimum Gasteiger partial charge on any atom is -0.480 e. The summed E-state index contributed by atoms with van der Waals surface area (Å²) in [6, 6.07) is 2.65. The molecular formula is C12H14N2O4S. The van der Waals surface area contributed by atoms with Crippen molar-refractivity contribution in [1.29, 1.82) is 0 Å². The molecule has 0 aromatic carbocycles. The maximum Gasteiger partial charge on any atom is 0.326 e. The highest BCUT2D eigenvalue weighted by Gasteiger charge is 2.38. The second-order valence-corrected chi connectivity index (χ2v) is 5.31. The number of aromatic nitrogens is 1. The fourth-order valence-corrected chi connectivity index (χ4v) is 2.76. The number of amides is 1. The fourth-order valence-electron chi connectivity index (χ4n) is 1.99. The van der Waals surface area contributed by atoms with E-state index in [-0.39, 0.29) is 24.6 Å². The van der Waals surface area contributed by atoms with Crippen molar-refractivity contribution in [3.05, 3.63) is 24.5 Å². The second kappa shape index (κ2) is 6.03. The summed E-state index contributed by atoms with van der Waals surface area (Å²) in [6.07, 6.45) is 2.61. The Morgan fingerprint density at radius 2 is 2.11 bits per heavy atom. The molecule has 2 rings (SSSR count). The van der Waals surface area contributed by atoms with Crippen molar-refractivity contribution < 1.29 is 19.8 Å². The van der Waals surface area contributed by atoms with Gasteiger partial charge in [-0.25, -0.2) is 4.79 Å². The second-order valence-electron chi connectivity index (χ2n) is 4.26. The number of aliphatic hydroxyl groups excluding tert-OH is 1. The third-order valence-electron chi connectivity index (χ3n) is 2.90. The minimum absolute atomic E-state index is 0.0900. The molecule has 0 aliphatic carbocycles. The van der Waals surface area contributed by atoms with Crippen molar-refractivity contribution >= 4 is 23.6 Å². The average Bonchev–Trinajstić information content (AvgIpc) is 2.79. The lowest BCUT2D eigenvalue weighted by Gasteiger charge is -2.20. The lowest BCUT2D eigenvalue weighted by Crippen LogP contribution is -2.41. The molecule has 1 saturated heterocycles. The van der Waals surface area contributed by atoms with Crippen molar-refractivity contribution in [2.45, 2.75) is 23.5 Å². The molecule has 102 valence electrons. The molecule has 1 aliphatic heterocycles. The zero-order chi connectivity index (χ0) is 13.8. The van der Waals surface area contributed by atoms with E-state index >= 15 is 0 Å². The zero-order valence-electron chi connectivity index (χ0n) is 10.1. The number of hydrogen-bond donors (Lipinski definition) is 2. The molecule has 19 heavy (non-hydrogen) atoms. The predicted molar refractivity (Wildman–Crippen MR) is 68.7 cm³/mol. The van der Waals surface area contributed by atoms with Gasteiger partial charge in [0.25, 0.3) is 0 Å². The maximum atomic E-state index is 12.0. The summed E-state index contributed by atoms with van der Waals surface area (Å²) in [7, 11) is 0. The van der Waals surface area contributed by atoms with Gasteiger partial charge < -0.3 is 15.1 Å². The van der Waals surface area contributed by atoms with Gasteiger partial charge in [0.1, 0.15) is 6.04 Å². The number of aliphatic carboxylic acids is 1. The number of likely N-dealkylation sites (tertiary alicyclic amines) is 1. The van der Waals surface area contributed by atoms with Gasteiger partial charge in [-0.05, 0) is 12.1 Å². The highest BCUT2D eigenvalue weighted by molar-refractivity contribution is 8.00. The lowest BCUT2D eigenvalue weighted by molar-refractivity contribution is -0.147. The Balaban J connectivity index is 1.94. The number of nitrogens with zero attached hydrogens (tertiary/aromatic N) is 2. The normalized spacial score (nSPS) is 22.5. The SMILES string of the molecule is O=C(O)[C@@H]1CC(O)CN1C(=O)CSc1ccncc1. The average molecular weight is 282 g/mol. The molecule has 0 spiro atoms. The number of carboxylic acid groups (broad SMARTS) is 1. The molecule has 6 nitrogen and oxygen atoms in total. The number of hydrogen-bond acceptors (Lipinski definition) is 5. The number of carboxylic acids is 1. The van der Waals surface area contributed by atoms with Crippen LogP contribution in [0.15, 0.2) is 29.4 Å². The quantitative estimate of drug-likeness (QED) is 0.768. The van der Waals surface area contributed by atoms with Crippen LogP contribution in [0.1, 0.15) is 6.42 Å². The van der Waals surface area contributed by atoms with Crippen LogP contribution in [-0.4, -0.2) is 56.4 Å². The number of rotatable bonds is 4. The number of β-amino-alcohol motifs (C(OH)–C–C–N with tert-alkyl or cyclic N) is 1. The van der Waals surface area contributed by atoms with Crippen molar-refractivity contribution in [2.75, 3.05) is 12.3 Å².